The Morgan fingerprint density at radius 1 is 1.26 bits per heavy atom. The molecule has 2 N–H and O–H groups in total. The molecule has 23 heavy (non-hydrogen) atoms. The predicted molar refractivity (Wildman–Crippen MR) is 83.5 cm³/mol. The van der Waals surface area contributed by atoms with Gasteiger partial charge < -0.3 is 15.2 Å². The molecule has 1 aliphatic carbocycles. The van der Waals surface area contributed by atoms with Gasteiger partial charge in [0, 0.05) is 5.56 Å². The second kappa shape index (κ2) is 7.26. The third-order valence-electron chi connectivity index (χ3n) is 4.07. The van der Waals surface area contributed by atoms with E-state index in [0.717, 1.165) is 12.8 Å². The van der Waals surface area contributed by atoms with Crippen LogP contribution in [0.25, 0.3) is 0 Å². The summed E-state index contributed by atoms with van der Waals surface area (Å²) in [5.74, 6) is -0.901. The predicted octanol–water partition coefficient (Wildman–Crippen LogP) is 2.17. The monoisotopic (exact) mass is 319 g/mol. The van der Waals surface area contributed by atoms with E-state index in [1.165, 1.54) is 6.92 Å². The van der Waals surface area contributed by atoms with E-state index in [9.17, 15) is 14.4 Å². The average Bonchev–Trinajstić information content (AvgIpc) is 2.92. The molecule has 1 saturated carbocycles. The van der Waals surface area contributed by atoms with Crippen LogP contribution in [-0.2, 0) is 9.59 Å². The van der Waals surface area contributed by atoms with Crippen LogP contribution in [0.1, 0.15) is 49.4 Å². The van der Waals surface area contributed by atoms with Crippen molar-refractivity contribution in [2.24, 2.45) is 0 Å². The summed E-state index contributed by atoms with van der Waals surface area (Å²) in [6.45, 7) is 1.25. The number of ether oxygens (including phenoxy) is 1. The lowest BCUT2D eigenvalue weighted by Crippen LogP contribution is -2.49. The molecule has 0 heterocycles. The number of nitrogens with one attached hydrogen (secondary N) is 1. The number of aliphatic carboxylic acids is 1. The molecule has 0 spiro atoms. The summed E-state index contributed by atoms with van der Waals surface area (Å²) >= 11 is 0. The van der Waals surface area contributed by atoms with Crippen LogP contribution in [0.5, 0.6) is 5.75 Å². The van der Waals surface area contributed by atoms with Crippen LogP contribution < -0.4 is 10.1 Å². The fourth-order valence-corrected chi connectivity index (χ4v) is 2.97. The first-order valence-corrected chi connectivity index (χ1v) is 7.67. The van der Waals surface area contributed by atoms with E-state index in [4.69, 9.17) is 9.84 Å². The zero-order valence-electron chi connectivity index (χ0n) is 13.1. The standard InChI is InChI=1S/C17H21NO5/c1-12(19)13-5-4-6-14(9-13)23-11-15(20)18-17(10-16(21)22)7-2-3-8-17/h4-6,9H,2-3,7-8,10-11H2,1H3,(H,18,20)(H,21,22). The summed E-state index contributed by atoms with van der Waals surface area (Å²) in [5, 5.41) is 11.8. The van der Waals surface area contributed by atoms with Crippen molar-refractivity contribution >= 4 is 17.7 Å². The second-order valence-corrected chi connectivity index (χ2v) is 5.98. The highest BCUT2D eigenvalue weighted by atomic mass is 16.5. The highest BCUT2D eigenvalue weighted by Crippen LogP contribution is 2.32. The minimum absolute atomic E-state index is 0.0709. The Labute approximate surface area is 134 Å². The molecule has 0 saturated heterocycles. The van der Waals surface area contributed by atoms with E-state index in [-0.39, 0.29) is 24.7 Å². The number of amides is 1. The number of hydrogen-bond donors (Lipinski definition) is 2. The smallest absolute Gasteiger partial charge is 0.305 e. The first-order chi connectivity index (χ1) is 10.9. The van der Waals surface area contributed by atoms with Crippen LogP contribution in [0.3, 0.4) is 0 Å². The van der Waals surface area contributed by atoms with E-state index in [2.05, 4.69) is 5.32 Å². The van der Waals surface area contributed by atoms with Gasteiger partial charge >= 0.3 is 5.97 Å². The van der Waals surface area contributed by atoms with Crippen molar-refractivity contribution in [3.05, 3.63) is 29.8 Å². The first-order valence-electron chi connectivity index (χ1n) is 7.67. The molecule has 6 nitrogen and oxygen atoms in total. The molecule has 6 heteroatoms. The molecule has 1 aromatic carbocycles. The number of carboxylic acids is 1. The van der Waals surface area contributed by atoms with E-state index >= 15 is 0 Å². The summed E-state index contributed by atoms with van der Waals surface area (Å²) in [5.41, 5.74) is -0.144. The Morgan fingerprint density at radius 3 is 2.57 bits per heavy atom. The normalized spacial score (nSPS) is 15.9. The van der Waals surface area contributed by atoms with Crippen molar-refractivity contribution < 1.29 is 24.2 Å². The lowest BCUT2D eigenvalue weighted by molar-refractivity contribution is -0.139. The molecule has 1 aliphatic rings. The molecule has 0 radical (unpaired) electrons. The van der Waals surface area contributed by atoms with Gasteiger partial charge in [-0.05, 0) is 31.9 Å². The second-order valence-electron chi connectivity index (χ2n) is 5.98. The highest BCUT2D eigenvalue weighted by molar-refractivity contribution is 5.94. The van der Waals surface area contributed by atoms with Crippen molar-refractivity contribution in [1.82, 2.24) is 5.32 Å². The largest absolute Gasteiger partial charge is 0.484 e. The molecule has 0 aromatic heterocycles. The Balaban J connectivity index is 1.92. The minimum Gasteiger partial charge on any atom is -0.484 e. The summed E-state index contributed by atoms with van der Waals surface area (Å²) in [4.78, 5) is 34.4. The Bertz CT molecular complexity index is 605. The number of carboxylic acid groups (broad SMARTS) is 1. The first kappa shape index (κ1) is 17.0. The number of rotatable bonds is 7. The van der Waals surface area contributed by atoms with Crippen molar-refractivity contribution in [2.45, 2.75) is 44.6 Å². The summed E-state index contributed by atoms with van der Waals surface area (Å²) in [6, 6.07) is 6.61. The molecule has 124 valence electrons. The Morgan fingerprint density at radius 2 is 1.96 bits per heavy atom. The van der Waals surface area contributed by atoms with Gasteiger partial charge in [0.1, 0.15) is 5.75 Å². The molecule has 1 fully saturated rings. The molecule has 0 bridgehead atoms. The lowest BCUT2D eigenvalue weighted by atomic mass is 9.93. The van der Waals surface area contributed by atoms with Crippen LogP contribution in [0, 0.1) is 0 Å². The molecule has 0 aliphatic heterocycles. The third kappa shape index (κ3) is 4.81. The molecule has 0 atom stereocenters. The van der Waals surface area contributed by atoms with Gasteiger partial charge in [0.05, 0.1) is 12.0 Å². The SMILES string of the molecule is CC(=O)c1cccc(OCC(=O)NC2(CC(=O)O)CCCC2)c1. The topological polar surface area (TPSA) is 92.7 Å². The Hall–Kier alpha value is -2.37. The maximum Gasteiger partial charge on any atom is 0.305 e. The number of carbonyl (C=O) groups excluding carboxylic acids is 2. The van der Waals surface area contributed by atoms with E-state index in [1.807, 2.05) is 0 Å². The van der Waals surface area contributed by atoms with Gasteiger partial charge in [-0.15, -0.1) is 0 Å². The van der Waals surface area contributed by atoms with Crippen molar-refractivity contribution in [1.29, 1.82) is 0 Å². The van der Waals surface area contributed by atoms with Crippen LogP contribution in [-0.4, -0.2) is 34.9 Å². The van der Waals surface area contributed by atoms with Gasteiger partial charge in [0.15, 0.2) is 12.4 Å². The van der Waals surface area contributed by atoms with Gasteiger partial charge in [0.25, 0.3) is 5.91 Å². The van der Waals surface area contributed by atoms with Crippen molar-refractivity contribution in [3.63, 3.8) is 0 Å². The number of ketones is 1. The Kier molecular flexibility index (Phi) is 5.36. The van der Waals surface area contributed by atoms with E-state index < -0.39 is 11.5 Å². The van der Waals surface area contributed by atoms with Gasteiger partial charge in [-0.2, -0.15) is 0 Å². The van der Waals surface area contributed by atoms with Crippen molar-refractivity contribution in [2.75, 3.05) is 6.61 Å². The average molecular weight is 319 g/mol. The van der Waals surface area contributed by atoms with Gasteiger partial charge in [-0.25, -0.2) is 0 Å². The zero-order valence-corrected chi connectivity index (χ0v) is 13.1. The quantitative estimate of drug-likeness (QED) is 0.751. The maximum atomic E-state index is 12.1. The maximum absolute atomic E-state index is 12.1. The third-order valence-corrected chi connectivity index (χ3v) is 4.07. The molecule has 1 amide bonds. The number of benzene rings is 1. The lowest BCUT2D eigenvalue weighted by Gasteiger charge is -2.28. The zero-order chi connectivity index (χ0) is 16.9. The highest BCUT2D eigenvalue weighted by Gasteiger charge is 2.37. The van der Waals surface area contributed by atoms with Crippen molar-refractivity contribution in [3.8, 4) is 5.75 Å². The molecular weight excluding hydrogens is 298 g/mol. The van der Waals surface area contributed by atoms with Crippen LogP contribution >= 0.6 is 0 Å². The van der Waals surface area contributed by atoms with Crippen LogP contribution in [0.4, 0.5) is 0 Å². The van der Waals surface area contributed by atoms with E-state index in [1.54, 1.807) is 24.3 Å². The summed E-state index contributed by atoms with van der Waals surface area (Å²) in [7, 11) is 0. The van der Waals surface area contributed by atoms with Crippen LogP contribution in [0.2, 0.25) is 0 Å². The summed E-state index contributed by atoms with van der Waals surface area (Å²) in [6.07, 6.45) is 3.10. The molecular formula is C17H21NO5. The minimum atomic E-state index is -0.915. The van der Waals surface area contributed by atoms with E-state index in [0.29, 0.717) is 24.2 Å². The fraction of sp³-hybridized carbons (Fsp3) is 0.471. The molecule has 1 aromatic rings. The van der Waals surface area contributed by atoms with Crippen LogP contribution in [0.15, 0.2) is 24.3 Å². The number of Topliss-reactive ketones (excluding diaryl/α,β-unsaturated/α-hetero) is 1. The van der Waals surface area contributed by atoms with Gasteiger partial charge in [-0.1, -0.05) is 25.0 Å². The number of carbonyl (C=O) groups is 3. The molecule has 0 unspecified atom stereocenters. The van der Waals surface area contributed by atoms with Gasteiger partial charge in [0.2, 0.25) is 0 Å². The fourth-order valence-electron chi connectivity index (χ4n) is 2.97. The summed E-state index contributed by atoms with van der Waals surface area (Å²) < 4.78 is 5.41. The molecule has 2 rings (SSSR count). The van der Waals surface area contributed by atoms with Gasteiger partial charge in [-0.3, -0.25) is 14.4 Å². The number of hydrogen-bond acceptors (Lipinski definition) is 4.